The van der Waals surface area contributed by atoms with Gasteiger partial charge in [0.15, 0.2) is 0 Å². The van der Waals surface area contributed by atoms with Crippen LogP contribution in [0.5, 0.6) is 0 Å². The number of morpholine rings is 1. The smallest absolute Gasteiger partial charge is 0.125 e. The summed E-state index contributed by atoms with van der Waals surface area (Å²) in [6, 6.07) is 8.54. The van der Waals surface area contributed by atoms with Gasteiger partial charge in [0.05, 0.1) is 13.2 Å². The fourth-order valence-electron chi connectivity index (χ4n) is 2.68. The van der Waals surface area contributed by atoms with Crippen molar-refractivity contribution in [3.63, 3.8) is 0 Å². The van der Waals surface area contributed by atoms with E-state index in [9.17, 15) is 0 Å². The molecule has 0 amide bonds. The minimum Gasteiger partial charge on any atom is -0.371 e. The fraction of sp³-hybridized carbons (Fsp3) is 0.500. The third-order valence-corrected chi connectivity index (χ3v) is 3.37. The van der Waals surface area contributed by atoms with Crippen molar-refractivity contribution in [2.75, 3.05) is 38.2 Å². The lowest BCUT2D eigenvalue weighted by Gasteiger charge is -2.34. The molecule has 0 aromatic heterocycles. The number of para-hydroxylation sites is 1. The maximum absolute atomic E-state index is 6.02. The molecule has 3 heteroatoms. The summed E-state index contributed by atoms with van der Waals surface area (Å²) in [7, 11) is 2.13. The van der Waals surface area contributed by atoms with Crippen LogP contribution in [0, 0.1) is 0 Å². The van der Waals surface area contributed by atoms with Crippen LogP contribution in [0.15, 0.2) is 24.3 Å². The zero-order chi connectivity index (χ0) is 10.3. The number of anilines is 1. The van der Waals surface area contributed by atoms with Crippen LogP contribution in [0.25, 0.3) is 0 Å². The molecule has 1 N–H and O–H groups in total. The Morgan fingerprint density at radius 3 is 3.07 bits per heavy atom. The number of nitrogens with one attached hydrogen (secondary N) is 1. The number of nitrogens with zero attached hydrogens (tertiary/aromatic N) is 1. The fourth-order valence-corrected chi connectivity index (χ4v) is 2.68. The summed E-state index contributed by atoms with van der Waals surface area (Å²) in [6.45, 7) is 3.66. The average molecular weight is 204 g/mol. The number of fused-ring (bicyclic) bond motifs is 2. The van der Waals surface area contributed by atoms with E-state index in [-0.39, 0.29) is 5.60 Å². The molecule has 1 fully saturated rings. The molecule has 2 aliphatic rings. The van der Waals surface area contributed by atoms with Crippen LogP contribution in [0.1, 0.15) is 5.56 Å². The second-order valence-corrected chi connectivity index (χ2v) is 4.39. The lowest BCUT2D eigenvalue weighted by Crippen LogP contribution is -2.49. The molecular formula is C12H16N2O. The lowest BCUT2D eigenvalue weighted by atomic mass is 9.95. The Balaban J connectivity index is 2.06. The number of rotatable bonds is 0. The van der Waals surface area contributed by atoms with E-state index >= 15 is 0 Å². The van der Waals surface area contributed by atoms with Gasteiger partial charge in [0, 0.05) is 31.4 Å². The first kappa shape index (κ1) is 9.19. The molecule has 1 unspecified atom stereocenters. The molecule has 1 aromatic carbocycles. The van der Waals surface area contributed by atoms with Gasteiger partial charge in [-0.3, -0.25) is 0 Å². The molecule has 2 aliphatic heterocycles. The molecule has 1 spiro atoms. The zero-order valence-electron chi connectivity index (χ0n) is 8.99. The topological polar surface area (TPSA) is 24.5 Å². The van der Waals surface area contributed by atoms with Gasteiger partial charge in [0.1, 0.15) is 5.60 Å². The summed E-state index contributed by atoms with van der Waals surface area (Å²) in [5, 5.41) is 3.43. The van der Waals surface area contributed by atoms with E-state index < -0.39 is 0 Å². The maximum Gasteiger partial charge on any atom is 0.125 e. The SMILES string of the molecule is CN1CC2(CNCCO2)c2ccccc21. The number of benzene rings is 1. The van der Waals surface area contributed by atoms with E-state index in [1.807, 2.05) is 0 Å². The standard InChI is InChI=1S/C12H16N2O/c1-14-9-12(8-13-6-7-15-12)10-4-2-3-5-11(10)14/h2-5,13H,6-9H2,1H3. The van der Waals surface area contributed by atoms with Gasteiger partial charge < -0.3 is 15.0 Å². The molecule has 1 atom stereocenters. The van der Waals surface area contributed by atoms with Crippen molar-refractivity contribution in [2.24, 2.45) is 0 Å². The molecule has 1 aromatic rings. The van der Waals surface area contributed by atoms with Gasteiger partial charge in [0.25, 0.3) is 0 Å². The second kappa shape index (κ2) is 3.22. The third-order valence-electron chi connectivity index (χ3n) is 3.37. The van der Waals surface area contributed by atoms with Crippen molar-refractivity contribution in [1.29, 1.82) is 0 Å². The zero-order valence-corrected chi connectivity index (χ0v) is 8.99. The number of hydrogen-bond donors (Lipinski definition) is 1. The Labute approximate surface area is 90.0 Å². The van der Waals surface area contributed by atoms with Gasteiger partial charge in [-0.25, -0.2) is 0 Å². The highest BCUT2D eigenvalue weighted by atomic mass is 16.5. The molecule has 0 bridgehead atoms. The molecule has 15 heavy (non-hydrogen) atoms. The normalized spacial score (nSPS) is 29.5. The van der Waals surface area contributed by atoms with E-state index in [4.69, 9.17) is 4.74 Å². The predicted molar refractivity (Wildman–Crippen MR) is 60.2 cm³/mol. The summed E-state index contributed by atoms with van der Waals surface area (Å²) in [6.07, 6.45) is 0. The number of ether oxygens (including phenoxy) is 1. The van der Waals surface area contributed by atoms with Crippen molar-refractivity contribution in [2.45, 2.75) is 5.60 Å². The molecule has 80 valence electrons. The third kappa shape index (κ3) is 1.27. The minimum atomic E-state index is -0.108. The molecule has 0 radical (unpaired) electrons. The summed E-state index contributed by atoms with van der Waals surface area (Å²) < 4.78 is 6.02. The van der Waals surface area contributed by atoms with Gasteiger partial charge in [-0.15, -0.1) is 0 Å². The summed E-state index contributed by atoms with van der Waals surface area (Å²) in [5.74, 6) is 0. The minimum absolute atomic E-state index is 0.108. The predicted octanol–water partition coefficient (Wildman–Crippen LogP) is 0.951. The Hall–Kier alpha value is -1.06. The van der Waals surface area contributed by atoms with Crippen LogP contribution < -0.4 is 10.2 Å². The van der Waals surface area contributed by atoms with Crippen molar-refractivity contribution in [3.05, 3.63) is 29.8 Å². The highest BCUT2D eigenvalue weighted by Gasteiger charge is 2.43. The van der Waals surface area contributed by atoms with Crippen molar-refractivity contribution < 1.29 is 4.74 Å². The summed E-state index contributed by atoms with van der Waals surface area (Å²) in [5.41, 5.74) is 2.53. The average Bonchev–Trinajstić information content (AvgIpc) is 2.55. The summed E-state index contributed by atoms with van der Waals surface area (Å²) >= 11 is 0. The van der Waals surface area contributed by atoms with Crippen LogP contribution in [0.4, 0.5) is 5.69 Å². The van der Waals surface area contributed by atoms with Gasteiger partial charge in [0.2, 0.25) is 0 Å². The van der Waals surface area contributed by atoms with Crippen LogP contribution in [-0.4, -0.2) is 33.3 Å². The molecule has 3 rings (SSSR count). The first-order valence-corrected chi connectivity index (χ1v) is 5.47. The van der Waals surface area contributed by atoms with E-state index in [1.165, 1.54) is 11.3 Å². The molecule has 3 nitrogen and oxygen atoms in total. The Kier molecular flexibility index (Phi) is 1.97. The molecule has 1 saturated heterocycles. The monoisotopic (exact) mass is 204 g/mol. The highest BCUT2D eigenvalue weighted by molar-refractivity contribution is 5.61. The first-order valence-electron chi connectivity index (χ1n) is 5.47. The molecule has 2 heterocycles. The number of hydrogen-bond acceptors (Lipinski definition) is 3. The van der Waals surface area contributed by atoms with Gasteiger partial charge in [-0.2, -0.15) is 0 Å². The lowest BCUT2D eigenvalue weighted by molar-refractivity contribution is -0.0585. The maximum atomic E-state index is 6.02. The molecule has 0 saturated carbocycles. The van der Waals surface area contributed by atoms with E-state index in [0.29, 0.717) is 0 Å². The van der Waals surface area contributed by atoms with Crippen LogP contribution in [-0.2, 0) is 10.3 Å². The van der Waals surface area contributed by atoms with Crippen LogP contribution >= 0.6 is 0 Å². The Bertz CT molecular complexity index is 372. The molecular weight excluding hydrogens is 188 g/mol. The Morgan fingerprint density at radius 1 is 1.40 bits per heavy atom. The Morgan fingerprint density at radius 2 is 2.27 bits per heavy atom. The number of likely N-dealkylation sites (N-methyl/N-ethyl adjacent to an activating group) is 1. The van der Waals surface area contributed by atoms with E-state index in [1.54, 1.807) is 0 Å². The quantitative estimate of drug-likeness (QED) is 0.681. The largest absolute Gasteiger partial charge is 0.371 e. The van der Waals surface area contributed by atoms with Gasteiger partial charge in [-0.1, -0.05) is 18.2 Å². The highest BCUT2D eigenvalue weighted by Crippen LogP contribution is 2.41. The van der Waals surface area contributed by atoms with Gasteiger partial charge in [-0.05, 0) is 6.07 Å². The first-order chi connectivity index (χ1) is 7.32. The summed E-state index contributed by atoms with van der Waals surface area (Å²) in [4.78, 5) is 2.28. The van der Waals surface area contributed by atoms with Crippen molar-refractivity contribution >= 4 is 5.69 Å². The molecule has 0 aliphatic carbocycles. The van der Waals surface area contributed by atoms with Crippen LogP contribution in [0.3, 0.4) is 0 Å². The van der Waals surface area contributed by atoms with E-state index in [2.05, 4.69) is 41.5 Å². The second-order valence-electron chi connectivity index (χ2n) is 4.39. The van der Waals surface area contributed by atoms with Crippen molar-refractivity contribution in [3.8, 4) is 0 Å². The van der Waals surface area contributed by atoms with E-state index in [0.717, 1.165) is 26.2 Å². The van der Waals surface area contributed by atoms with Gasteiger partial charge >= 0.3 is 0 Å². The van der Waals surface area contributed by atoms with Crippen LogP contribution in [0.2, 0.25) is 0 Å². The van der Waals surface area contributed by atoms with Crippen molar-refractivity contribution in [1.82, 2.24) is 5.32 Å².